The molecule has 0 aromatic carbocycles. The highest BCUT2D eigenvalue weighted by Gasteiger charge is 2.47. The van der Waals surface area contributed by atoms with Crippen LogP contribution in [0.3, 0.4) is 0 Å². The summed E-state index contributed by atoms with van der Waals surface area (Å²) in [7, 11) is -3.99. The Labute approximate surface area is 87.7 Å². The number of hydrogen-bond acceptors (Lipinski definition) is 2. The molecule has 0 heterocycles. The molecule has 0 radical (unpaired) electrons. The van der Waals surface area contributed by atoms with Gasteiger partial charge in [0.25, 0.3) is 10.1 Å². The summed E-state index contributed by atoms with van der Waals surface area (Å²) in [6, 6.07) is 0. The first kappa shape index (κ1) is 13.9. The van der Waals surface area contributed by atoms with Crippen molar-refractivity contribution in [1.29, 1.82) is 0 Å². The molecule has 0 fully saturated rings. The van der Waals surface area contributed by atoms with Gasteiger partial charge in [-0.3, -0.25) is 4.55 Å². The Morgan fingerprint density at radius 3 is 1.79 bits per heavy atom. The van der Waals surface area contributed by atoms with E-state index in [1.165, 1.54) is 0 Å². The van der Waals surface area contributed by atoms with Gasteiger partial charge in [0.15, 0.2) is 0 Å². The van der Waals surface area contributed by atoms with Gasteiger partial charge in [-0.05, 0) is 32.1 Å². The predicted molar refractivity (Wildman–Crippen MR) is 58.9 cm³/mol. The Morgan fingerprint density at radius 2 is 1.57 bits per heavy atom. The molecule has 1 N–H and O–H groups in total. The fraction of sp³-hybridized carbons (Fsp3) is 1.00. The summed E-state index contributed by atoms with van der Waals surface area (Å²) in [5.41, 5.74) is -0.366. The van der Waals surface area contributed by atoms with Crippen molar-refractivity contribution >= 4 is 10.1 Å². The second-order valence-electron chi connectivity index (χ2n) is 4.65. The summed E-state index contributed by atoms with van der Waals surface area (Å²) >= 11 is 0. The van der Waals surface area contributed by atoms with Crippen molar-refractivity contribution in [1.82, 2.24) is 0 Å². The van der Waals surface area contributed by atoms with Crippen LogP contribution in [0, 0.1) is 5.41 Å². The summed E-state index contributed by atoms with van der Waals surface area (Å²) < 4.78 is 30.7. The van der Waals surface area contributed by atoms with Crippen molar-refractivity contribution in [2.75, 3.05) is 0 Å². The van der Waals surface area contributed by atoms with Crippen LogP contribution < -0.4 is 0 Å². The molecular weight excluding hydrogens is 200 g/mol. The minimum absolute atomic E-state index is 0.366. The van der Waals surface area contributed by atoms with E-state index >= 15 is 0 Å². The van der Waals surface area contributed by atoms with Crippen molar-refractivity contribution < 1.29 is 13.0 Å². The smallest absolute Gasteiger partial charge is 0.270 e. The van der Waals surface area contributed by atoms with Crippen molar-refractivity contribution in [3.63, 3.8) is 0 Å². The molecule has 0 aliphatic carbocycles. The maximum atomic E-state index is 11.3. The fourth-order valence-corrected chi connectivity index (χ4v) is 2.64. The normalized spacial score (nSPS) is 17.9. The molecule has 0 rings (SSSR count). The zero-order chi connectivity index (χ0) is 11.6. The molecule has 0 spiro atoms. The number of rotatable bonds is 5. The van der Waals surface area contributed by atoms with Crippen molar-refractivity contribution in [2.24, 2.45) is 5.41 Å². The first-order valence-electron chi connectivity index (χ1n) is 5.09. The van der Waals surface area contributed by atoms with Gasteiger partial charge in [-0.15, -0.1) is 0 Å². The Kier molecular flexibility index (Phi) is 4.16. The molecule has 14 heavy (non-hydrogen) atoms. The third-order valence-electron chi connectivity index (χ3n) is 3.68. The lowest BCUT2D eigenvalue weighted by atomic mass is 9.73. The second-order valence-corrected chi connectivity index (χ2v) is 6.62. The molecule has 0 aromatic rings. The van der Waals surface area contributed by atoms with Gasteiger partial charge in [-0.2, -0.15) is 8.42 Å². The average Bonchev–Trinajstić information content (AvgIpc) is 2.02. The highest BCUT2D eigenvalue weighted by molar-refractivity contribution is 7.87. The van der Waals surface area contributed by atoms with Crippen molar-refractivity contribution in [2.45, 2.75) is 58.6 Å². The van der Waals surface area contributed by atoms with E-state index in [1.54, 1.807) is 13.8 Å². The minimum atomic E-state index is -3.99. The molecule has 0 aromatic heterocycles. The fourth-order valence-electron chi connectivity index (χ4n) is 1.77. The molecule has 1 atom stereocenters. The molecule has 0 aliphatic heterocycles. The molecule has 1 unspecified atom stereocenters. The van der Waals surface area contributed by atoms with Gasteiger partial charge in [0.1, 0.15) is 0 Å². The van der Waals surface area contributed by atoms with Crippen LogP contribution in [0.4, 0.5) is 0 Å². The minimum Gasteiger partial charge on any atom is -0.285 e. The van der Waals surface area contributed by atoms with Crippen LogP contribution in [-0.2, 0) is 10.1 Å². The highest BCUT2D eigenvalue weighted by Crippen LogP contribution is 2.43. The first-order valence-corrected chi connectivity index (χ1v) is 6.53. The quantitative estimate of drug-likeness (QED) is 0.728. The molecule has 0 saturated carbocycles. The van der Waals surface area contributed by atoms with E-state index in [4.69, 9.17) is 0 Å². The standard InChI is InChI=1S/C10H22O3S/c1-6-8-10(5,7-2)9(3,4)14(11,12)13/h6-8H2,1-5H3,(H,11,12,13). The van der Waals surface area contributed by atoms with Gasteiger partial charge in [-0.25, -0.2) is 0 Å². The Bertz CT molecular complexity index is 280. The van der Waals surface area contributed by atoms with Crippen LogP contribution in [0.15, 0.2) is 0 Å². The van der Waals surface area contributed by atoms with Crippen LogP contribution in [0.2, 0.25) is 0 Å². The summed E-state index contributed by atoms with van der Waals surface area (Å²) in [6.45, 7) is 9.10. The van der Waals surface area contributed by atoms with Gasteiger partial charge < -0.3 is 0 Å². The van der Waals surface area contributed by atoms with Gasteiger partial charge in [0.2, 0.25) is 0 Å². The number of hydrogen-bond donors (Lipinski definition) is 1. The molecule has 3 nitrogen and oxygen atoms in total. The van der Waals surface area contributed by atoms with Crippen LogP contribution >= 0.6 is 0 Å². The van der Waals surface area contributed by atoms with Gasteiger partial charge in [-0.1, -0.05) is 27.2 Å². The Morgan fingerprint density at radius 1 is 1.14 bits per heavy atom. The van der Waals surface area contributed by atoms with E-state index < -0.39 is 14.9 Å². The van der Waals surface area contributed by atoms with Gasteiger partial charge >= 0.3 is 0 Å². The van der Waals surface area contributed by atoms with E-state index in [1.807, 2.05) is 20.8 Å². The predicted octanol–water partition coefficient (Wildman–Crippen LogP) is 2.87. The summed E-state index contributed by atoms with van der Waals surface area (Å²) in [6.07, 6.45) is 2.47. The van der Waals surface area contributed by atoms with Gasteiger partial charge in [0, 0.05) is 0 Å². The Hall–Kier alpha value is -0.0900. The van der Waals surface area contributed by atoms with E-state index in [9.17, 15) is 13.0 Å². The SMILES string of the molecule is CCCC(C)(CC)C(C)(C)S(=O)(=O)O. The highest BCUT2D eigenvalue weighted by atomic mass is 32.2. The molecule has 0 bridgehead atoms. The lowest BCUT2D eigenvalue weighted by molar-refractivity contribution is 0.196. The second kappa shape index (κ2) is 4.19. The van der Waals surface area contributed by atoms with E-state index in [0.717, 1.165) is 19.3 Å². The maximum Gasteiger partial charge on any atom is 0.270 e. The van der Waals surface area contributed by atoms with Crippen LogP contribution in [0.25, 0.3) is 0 Å². The topological polar surface area (TPSA) is 54.4 Å². The maximum absolute atomic E-state index is 11.3. The monoisotopic (exact) mass is 222 g/mol. The van der Waals surface area contributed by atoms with Crippen LogP contribution in [0.1, 0.15) is 53.9 Å². The molecule has 0 amide bonds. The average molecular weight is 222 g/mol. The van der Waals surface area contributed by atoms with Gasteiger partial charge in [0.05, 0.1) is 4.75 Å². The largest absolute Gasteiger partial charge is 0.285 e. The zero-order valence-electron chi connectivity index (χ0n) is 9.79. The van der Waals surface area contributed by atoms with Crippen molar-refractivity contribution in [3.8, 4) is 0 Å². The van der Waals surface area contributed by atoms with Crippen LogP contribution in [-0.4, -0.2) is 17.7 Å². The lowest BCUT2D eigenvalue weighted by Crippen LogP contribution is -2.47. The van der Waals surface area contributed by atoms with Crippen molar-refractivity contribution in [3.05, 3.63) is 0 Å². The van der Waals surface area contributed by atoms with Crippen LogP contribution in [0.5, 0.6) is 0 Å². The molecule has 86 valence electrons. The molecule has 4 heteroatoms. The Balaban J connectivity index is 5.22. The first-order chi connectivity index (χ1) is 6.12. The van der Waals surface area contributed by atoms with E-state index in [2.05, 4.69) is 0 Å². The summed E-state index contributed by atoms with van der Waals surface area (Å²) in [4.78, 5) is 0. The summed E-state index contributed by atoms with van der Waals surface area (Å²) in [5.74, 6) is 0. The summed E-state index contributed by atoms with van der Waals surface area (Å²) in [5, 5.41) is 0. The molecule has 0 saturated heterocycles. The zero-order valence-corrected chi connectivity index (χ0v) is 10.6. The molecule has 0 aliphatic rings. The van der Waals surface area contributed by atoms with E-state index in [-0.39, 0.29) is 5.41 Å². The third-order valence-corrected chi connectivity index (χ3v) is 5.46. The van der Waals surface area contributed by atoms with E-state index in [0.29, 0.717) is 0 Å². The lowest BCUT2D eigenvalue weighted by Gasteiger charge is -2.41. The molecular formula is C10H22O3S. The third kappa shape index (κ3) is 2.28.